The van der Waals surface area contributed by atoms with Crippen LogP contribution in [-0.4, -0.2) is 40.6 Å². The molecular weight excluding hydrogens is 376 g/mol. The molecule has 1 amide bonds. The number of nitrogens with one attached hydrogen (secondary N) is 1. The average Bonchev–Trinajstić information content (AvgIpc) is 3.09. The average molecular weight is 409 g/mol. The predicted molar refractivity (Wildman–Crippen MR) is 115 cm³/mol. The zero-order chi connectivity index (χ0) is 20.7. The van der Waals surface area contributed by atoms with Gasteiger partial charge in [-0.05, 0) is 62.0 Å². The first-order valence-corrected chi connectivity index (χ1v) is 11.5. The van der Waals surface area contributed by atoms with Crippen LogP contribution in [0.15, 0.2) is 22.7 Å². The predicted octanol–water partition coefficient (Wildman–Crippen LogP) is 3.89. The van der Waals surface area contributed by atoms with Gasteiger partial charge in [0.15, 0.2) is 5.82 Å². The SMILES string of the molecule is CCc1cccc(C)c1NC(=O)CN1C[C@H]2CCC[C@@]2(c2nc(CC3CC3)no2)C1. The van der Waals surface area contributed by atoms with Crippen LogP contribution in [0.2, 0.25) is 0 Å². The third-order valence-electron chi connectivity index (χ3n) is 7.38. The Morgan fingerprint density at radius 2 is 2.20 bits per heavy atom. The summed E-state index contributed by atoms with van der Waals surface area (Å²) in [5, 5.41) is 7.46. The molecule has 2 saturated carbocycles. The first kappa shape index (κ1) is 19.7. The van der Waals surface area contributed by atoms with Crippen LogP contribution in [0, 0.1) is 18.8 Å². The number of carbonyl (C=O) groups excluding carboxylic acids is 1. The van der Waals surface area contributed by atoms with E-state index in [1.54, 1.807) is 0 Å². The summed E-state index contributed by atoms with van der Waals surface area (Å²) in [7, 11) is 0. The van der Waals surface area contributed by atoms with Gasteiger partial charge in [-0.15, -0.1) is 0 Å². The summed E-state index contributed by atoms with van der Waals surface area (Å²) in [6, 6.07) is 6.20. The Kier molecular flexibility index (Phi) is 5.13. The van der Waals surface area contributed by atoms with Gasteiger partial charge in [-0.25, -0.2) is 0 Å². The highest BCUT2D eigenvalue weighted by Gasteiger charge is 2.54. The van der Waals surface area contributed by atoms with Gasteiger partial charge in [0, 0.05) is 25.2 Å². The number of aryl methyl sites for hydroxylation is 2. The zero-order valence-corrected chi connectivity index (χ0v) is 18.1. The Bertz CT molecular complexity index is 935. The third kappa shape index (κ3) is 3.66. The number of aromatic nitrogens is 2. The van der Waals surface area contributed by atoms with Crippen molar-refractivity contribution in [3.63, 3.8) is 0 Å². The second-order valence-electron chi connectivity index (χ2n) is 9.59. The highest BCUT2D eigenvalue weighted by molar-refractivity contribution is 5.93. The molecule has 1 aliphatic heterocycles. The Morgan fingerprint density at radius 1 is 1.33 bits per heavy atom. The van der Waals surface area contributed by atoms with Crippen molar-refractivity contribution >= 4 is 11.6 Å². The number of para-hydroxylation sites is 1. The molecule has 0 radical (unpaired) electrons. The molecule has 6 heteroatoms. The van der Waals surface area contributed by atoms with Gasteiger partial charge < -0.3 is 9.84 Å². The topological polar surface area (TPSA) is 71.3 Å². The fourth-order valence-electron chi connectivity index (χ4n) is 5.57. The molecule has 2 aliphatic carbocycles. The Labute approximate surface area is 178 Å². The van der Waals surface area contributed by atoms with E-state index in [2.05, 4.69) is 47.4 Å². The number of benzene rings is 1. The van der Waals surface area contributed by atoms with E-state index in [0.29, 0.717) is 12.5 Å². The molecule has 3 fully saturated rings. The summed E-state index contributed by atoms with van der Waals surface area (Å²) < 4.78 is 5.79. The van der Waals surface area contributed by atoms with Gasteiger partial charge in [0.25, 0.3) is 0 Å². The number of carbonyl (C=O) groups is 1. The van der Waals surface area contributed by atoms with Crippen LogP contribution in [0.3, 0.4) is 0 Å². The fraction of sp³-hybridized carbons (Fsp3) is 0.625. The van der Waals surface area contributed by atoms with Gasteiger partial charge in [-0.3, -0.25) is 9.69 Å². The lowest BCUT2D eigenvalue weighted by Gasteiger charge is -2.24. The molecule has 1 aromatic carbocycles. The van der Waals surface area contributed by atoms with E-state index in [1.165, 1.54) is 31.2 Å². The summed E-state index contributed by atoms with van der Waals surface area (Å²) in [5.41, 5.74) is 3.21. The number of amides is 1. The molecule has 30 heavy (non-hydrogen) atoms. The van der Waals surface area contributed by atoms with Crippen molar-refractivity contribution in [1.29, 1.82) is 0 Å². The van der Waals surface area contributed by atoms with E-state index in [4.69, 9.17) is 9.51 Å². The monoisotopic (exact) mass is 408 g/mol. The second kappa shape index (κ2) is 7.80. The molecule has 2 atom stereocenters. The number of nitrogens with zero attached hydrogens (tertiary/aromatic N) is 3. The van der Waals surface area contributed by atoms with E-state index < -0.39 is 0 Å². The summed E-state index contributed by atoms with van der Waals surface area (Å²) >= 11 is 0. The molecule has 1 N–H and O–H groups in total. The van der Waals surface area contributed by atoms with Crippen LogP contribution in [-0.2, 0) is 23.1 Å². The van der Waals surface area contributed by atoms with E-state index in [1.807, 2.05) is 0 Å². The zero-order valence-electron chi connectivity index (χ0n) is 18.1. The van der Waals surface area contributed by atoms with Crippen molar-refractivity contribution in [3.8, 4) is 0 Å². The Balaban J connectivity index is 1.27. The van der Waals surface area contributed by atoms with Crippen LogP contribution in [0.4, 0.5) is 5.69 Å². The summed E-state index contributed by atoms with van der Waals surface area (Å²) in [4.78, 5) is 20.0. The lowest BCUT2D eigenvalue weighted by Crippen LogP contribution is -2.36. The highest BCUT2D eigenvalue weighted by Crippen LogP contribution is 2.50. The standard InChI is InChI=1S/C24H32N4O2/c1-3-18-7-4-6-16(2)22(18)26-21(29)14-28-13-19-8-5-11-24(19,15-28)23-25-20(27-30-23)12-17-9-10-17/h4,6-7,17,19H,3,5,8-15H2,1-2H3,(H,26,29)/t19-,24-/m1/s1. The van der Waals surface area contributed by atoms with Crippen molar-refractivity contribution in [1.82, 2.24) is 15.0 Å². The number of fused-ring (bicyclic) bond motifs is 1. The van der Waals surface area contributed by atoms with Crippen molar-refractivity contribution in [3.05, 3.63) is 41.0 Å². The number of hydrogen-bond acceptors (Lipinski definition) is 5. The Morgan fingerprint density at radius 3 is 3.00 bits per heavy atom. The van der Waals surface area contributed by atoms with Crippen LogP contribution < -0.4 is 5.32 Å². The van der Waals surface area contributed by atoms with Gasteiger partial charge in [0.05, 0.1) is 12.0 Å². The number of rotatable bonds is 7. The van der Waals surface area contributed by atoms with Gasteiger partial charge in [-0.1, -0.05) is 36.7 Å². The smallest absolute Gasteiger partial charge is 0.238 e. The van der Waals surface area contributed by atoms with Gasteiger partial charge in [-0.2, -0.15) is 4.98 Å². The van der Waals surface area contributed by atoms with Crippen LogP contribution in [0.5, 0.6) is 0 Å². The molecule has 1 saturated heterocycles. The molecule has 2 aromatic rings. The minimum Gasteiger partial charge on any atom is -0.339 e. The van der Waals surface area contributed by atoms with Crippen molar-refractivity contribution in [2.45, 2.75) is 64.2 Å². The van der Waals surface area contributed by atoms with Crippen molar-refractivity contribution < 1.29 is 9.32 Å². The maximum Gasteiger partial charge on any atom is 0.238 e. The lowest BCUT2D eigenvalue weighted by atomic mass is 9.80. The Hall–Kier alpha value is -2.21. The van der Waals surface area contributed by atoms with Gasteiger partial charge in [0.1, 0.15) is 0 Å². The largest absolute Gasteiger partial charge is 0.339 e. The maximum absolute atomic E-state index is 12.9. The first-order valence-electron chi connectivity index (χ1n) is 11.5. The van der Waals surface area contributed by atoms with E-state index in [-0.39, 0.29) is 11.3 Å². The van der Waals surface area contributed by atoms with Gasteiger partial charge in [0.2, 0.25) is 11.8 Å². The minimum atomic E-state index is -0.0632. The molecule has 160 valence electrons. The molecular formula is C24H32N4O2. The van der Waals surface area contributed by atoms with E-state index in [9.17, 15) is 4.79 Å². The van der Waals surface area contributed by atoms with Crippen LogP contribution in [0.25, 0.3) is 0 Å². The van der Waals surface area contributed by atoms with Crippen molar-refractivity contribution in [2.24, 2.45) is 11.8 Å². The summed E-state index contributed by atoms with van der Waals surface area (Å²) in [6.07, 6.45) is 7.91. The molecule has 2 heterocycles. The fourth-order valence-corrected chi connectivity index (χ4v) is 5.57. The number of likely N-dealkylation sites (tertiary alicyclic amines) is 1. The molecule has 3 aliphatic rings. The minimum absolute atomic E-state index is 0.0632. The first-order chi connectivity index (χ1) is 14.6. The molecule has 0 unspecified atom stereocenters. The molecule has 0 spiro atoms. The normalized spacial score (nSPS) is 26.1. The van der Waals surface area contributed by atoms with Crippen LogP contribution >= 0.6 is 0 Å². The molecule has 6 nitrogen and oxygen atoms in total. The number of anilines is 1. The lowest BCUT2D eigenvalue weighted by molar-refractivity contribution is -0.117. The second-order valence-corrected chi connectivity index (χ2v) is 9.59. The van der Waals surface area contributed by atoms with E-state index >= 15 is 0 Å². The van der Waals surface area contributed by atoms with Crippen molar-refractivity contribution in [2.75, 3.05) is 25.0 Å². The third-order valence-corrected chi connectivity index (χ3v) is 7.38. The summed E-state index contributed by atoms with van der Waals surface area (Å²) in [6.45, 7) is 6.36. The maximum atomic E-state index is 12.9. The molecule has 5 rings (SSSR count). The van der Waals surface area contributed by atoms with Crippen LogP contribution in [0.1, 0.15) is 61.9 Å². The molecule has 0 bridgehead atoms. The van der Waals surface area contributed by atoms with E-state index in [0.717, 1.165) is 61.2 Å². The molecule has 1 aromatic heterocycles. The van der Waals surface area contributed by atoms with Gasteiger partial charge >= 0.3 is 0 Å². The number of hydrogen-bond donors (Lipinski definition) is 1. The summed E-state index contributed by atoms with van der Waals surface area (Å²) in [5.74, 6) is 3.01. The highest BCUT2D eigenvalue weighted by atomic mass is 16.5. The quantitative estimate of drug-likeness (QED) is 0.753.